The van der Waals surface area contributed by atoms with Gasteiger partial charge in [-0.15, -0.1) is 0 Å². The molecule has 1 amide bonds. The van der Waals surface area contributed by atoms with Crippen LogP contribution < -0.4 is 5.32 Å². The number of carbonyl (C=O) groups excluding carboxylic acids is 1. The number of carbonyl (C=O) groups is 1. The molecule has 3 N–H and O–H groups in total. The van der Waals surface area contributed by atoms with Crippen molar-refractivity contribution >= 4 is 34.6 Å². The van der Waals surface area contributed by atoms with Crippen LogP contribution in [-0.2, 0) is 9.36 Å². The van der Waals surface area contributed by atoms with Crippen molar-refractivity contribution in [2.24, 2.45) is 11.8 Å². The summed E-state index contributed by atoms with van der Waals surface area (Å²) in [7, 11) is 0.730. The Bertz CT molecular complexity index is 332. The molecule has 0 rings (SSSR count). The monoisotopic (exact) mass is 357 g/mol. The van der Waals surface area contributed by atoms with Gasteiger partial charge >= 0.3 is 0 Å². The second-order valence-electron chi connectivity index (χ2n) is 5.37. The molecular formula is C13H28NO4PS2. The van der Waals surface area contributed by atoms with Crippen molar-refractivity contribution < 1.29 is 19.6 Å². The first kappa shape index (κ1) is 21.3. The van der Waals surface area contributed by atoms with Crippen LogP contribution in [0.4, 0.5) is 0 Å². The first-order valence-electron chi connectivity index (χ1n) is 7.09. The summed E-state index contributed by atoms with van der Waals surface area (Å²) in [5, 5.41) is 20.6. The first-order chi connectivity index (χ1) is 9.88. The summed E-state index contributed by atoms with van der Waals surface area (Å²) in [6, 6.07) is 0. The summed E-state index contributed by atoms with van der Waals surface area (Å²) in [6.07, 6.45) is 2.78. The van der Waals surface area contributed by atoms with Crippen molar-refractivity contribution in [2.75, 3.05) is 43.8 Å². The minimum absolute atomic E-state index is 0.0629. The van der Waals surface area contributed by atoms with Gasteiger partial charge in [-0.2, -0.15) is 0 Å². The van der Waals surface area contributed by atoms with Crippen LogP contribution in [0.5, 0.6) is 0 Å². The average molecular weight is 357 g/mol. The molecule has 21 heavy (non-hydrogen) atoms. The molecule has 0 aliphatic heterocycles. The largest absolute Gasteiger partial charge is 0.396 e. The number of nitrogens with one attached hydrogen (secondary N) is 1. The van der Waals surface area contributed by atoms with Crippen molar-refractivity contribution in [1.82, 2.24) is 5.32 Å². The van der Waals surface area contributed by atoms with Crippen LogP contribution in [0.15, 0.2) is 0 Å². The maximum absolute atomic E-state index is 12.4. The summed E-state index contributed by atoms with van der Waals surface area (Å²) in [5.41, 5.74) is 0. The second kappa shape index (κ2) is 11.8. The van der Waals surface area contributed by atoms with Crippen LogP contribution in [0.2, 0.25) is 0 Å². The van der Waals surface area contributed by atoms with Gasteiger partial charge in [-0.1, -0.05) is 35.4 Å². The van der Waals surface area contributed by atoms with Crippen molar-refractivity contribution in [2.45, 2.75) is 20.3 Å². The molecule has 0 aliphatic rings. The zero-order chi connectivity index (χ0) is 16.3. The molecule has 1 atom stereocenters. The van der Waals surface area contributed by atoms with Crippen molar-refractivity contribution in [3.8, 4) is 0 Å². The first-order valence-corrected chi connectivity index (χ1v) is 12.1. The molecule has 0 bridgehead atoms. The topological polar surface area (TPSA) is 86.6 Å². The highest BCUT2D eigenvalue weighted by Gasteiger charge is 2.23. The Morgan fingerprint density at radius 1 is 1.24 bits per heavy atom. The Labute approximate surface area is 135 Å². The number of rotatable bonds is 12. The SMILES string of the molecule is CSSCC(CC(=O)NCP(=O)(CCO)CCO)C(C)C. The lowest BCUT2D eigenvalue weighted by Crippen LogP contribution is -2.30. The van der Waals surface area contributed by atoms with E-state index in [1.54, 1.807) is 21.6 Å². The summed E-state index contributed by atoms with van der Waals surface area (Å²) < 4.78 is 12.4. The maximum atomic E-state index is 12.4. The van der Waals surface area contributed by atoms with Crippen molar-refractivity contribution in [3.63, 3.8) is 0 Å². The Kier molecular flexibility index (Phi) is 12.0. The fraction of sp³-hybridized carbons (Fsp3) is 0.923. The highest BCUT2D eigenvalue weighted by molar-refractivity contribution is 8.76. The third kappa shape index (κ3) is 9.84. The van der Waals surface area contributed by atoms with Crippen molar-refractivity contribution in [1.29, 1.82) is 0 Å². The molecule has 0 aromatic carbocycles. The van der Waals surface area contributed by atoms with Crippen LogP contribution >= 0.6 is 28.7 Å². The standard InChI is InChI=1S/C13H28NO4PS2/c1-11(2)12(9-21-20-3)8-13(17)14-10-19(18,6-4-15)7-5-16/h11-12,15-16H,4-10H2,1-3H3,(H,14,17). The van der Waals surface area contributed by atoms with E-state index in [9.17, 15) is 9.36 Å². The zero-order valence-corrected chi connectivity index (χ0v) is 15.6. The number of aliphatic hydroxyl groups is 2. The highest BCUT2D eigenvalue weighted by Crippen LogP contribution is 2.43. The molecule has 1 unspecified atom stereocenters. The summed E-state index contributed by atoms with van der Waals surface area (Å²) in [6.45, 7) is 3.82. The van der Waals surface area contributed by atoms with E-state index in [4.69, 9.17) is 10.2 Å². The van der Waals surface area contributed by atoms with Gasteiger partial charge in [0.05, 0.1) is 6.29 Å². The van der Waals surface area contributed by atoms with Gasteiger partial charge in [-0.3, -0.25) is 4.79 Å². The third-order valence-electron chi connectivity index (χ3n) is 3.37. The average Bonchev–Trinajstić information content (AvgIpc) is 2.41. The minimum atomic E-state index is -2.70. The van der Waals surface area contributed by atoms with Crippen LogP contribution in [0.3, 0.4) is 0 Å². The summed E-state index contributed by atoms with van der Waals surface area (Å²) in [5.74, 6) is 1.51. The van der Waals surface area contributed by atoms with E-state index >= 15 is 0 Å². The lowest BCUT2D eigenvalue weighted by Gasteiger charge is -2.21. The minimum Gasteiger partial charge on any atom is -0.396 e. The van der Waals surface area contributed by atoms with Gasteiger partial charge in [0.25, 0.3) is 0 Å². The van der Waals surface area contributed by atoms with E-state index in [1.807, 2.05) is 6.26 Å². The Balaban J connectivity index is 4.36. The van der Waals surface area contributed by atoms with Crippen LogP contribution in [0, 0.1) is 11.8 Å². The molecule has 0 aromatic rings. The van der Waals surface area contributed by atoms with Gasteiger partial charge in [-0.05, 0) is 18.1 Å². The Morgan fingerprint density at radius 2 is 1.81 bits per heavy atom. The highest BCUT2D eigenvalue weighted by atomic mass is 33.1. The van der Waals surface area contributed by atoms with E-state index in [-0.39, 0.29) is 43.6 Å². The third-order valence-corrected chi connectivity index (χ3v) is 8.05. The van der Waals surface area contributed by atoms with E-state index in [0.717, 1.165) is 5.75 Å². The molecule has 0 fully saturated rings. The normalized spacial score (nSPS) is 13.4. The van der Waals surface area contributed by atoms with Gasteiger partial charge in [0.1, 0.15) is 7.14 Å². The van der Waals surface area contributed by atoms with E-state index in [2.05, 4.69) is 19.2 Å². The van der Waals surface area contributed by atoms with Gasteiger partial charge < -0.3 is 20.1 Å². The fourth-order valence-electron chi connectivity index (χ4n) is 1.82. The van der Waals surface area contributed by atoms with Gasteiger partial charge in [0.2, 0.25) is 5.91 Å². The Morgan fingerprint density at radius 3 is 2.24 bits per heavy atom. The maximum Gasteiger partial charge on any atom is 0.220 e. The van der Waals surface area contributed by atoms with E-state index in [1.165, 1.54) is 0 Å². The van der Waals surface area contributed by atoms with E-state index in [0.29, 0.717) is 12.3 Å². The molecule has 0 radical (unpaired) electrons. The van der Waals surface area contributed by atoms with E-state index < -0.39 is 7.14 Å². The molecule has 0 saturated heterocycles. The molecule has 0 heterocycles. The number of hydrogen-bond donors (Lipinski definition) is 3. The molecule has 0 spiro atoms. The quantitative estimate of drug-likeness (QED) is 0.366. The lowest BCUT2D eigenvalue weighted by molar-refractivity contribution is -0.121. The molecule has 0 aromatic heterocycles. The van der Waals surface area contributed by atoms with Gasteiger partial charge in [0, 0.05) is 37.7 Å². The molecule has 0 saturated carbocycles. The number of hydrogen-bond acceptors (Lipinski definition) is 6. The lowest BCUT2D eigenvalue weighted by atomic mass is 9.94. The van der Waals surface area contributed by atoms with Crippen LogP contribution in [0.25, 0.3) is 0 Å². The zero-order valence-electron chi connectivity index (χ0n) is 13.1. The molecule has 126 valence electrons. The number of aliphatic hydroxyl groups excluding tert-OH is 2. The molecule has 0 aliphatic carbocycles. The summed E-state index contributed by atoms with van der Waals surface area (Å²) in [4.78, 5) is 12.0. The van der Waals surface area contributed by atoms with Crippen LogP contribution in [-0.4, -0.2) is 60.0 Å². The fourth-order valence-corrected chi connectivity index (χ4v) is 5.30. The number of amides is 1. The molecule has 5 nitrogen and oxygen atoms in total. The Hall–Kier alpha value is 0.320. The summed E-state index contributed by atoms with van der Waals surface area (Å²) >= 11 is 0. The predicted octanol–water partition coefficient (Wildman–Crippen LogP) is 2.08. The second-order valence-corrected chi connectivity index (χ2v) is 11.3. The van der Waals surface area contributed by atoms with Crippen LogP contribution in [0.1, 0.15) is 20.3 Å². The van der Waals surface area contributed by atoms with Gasteiger partial charge in [-0.25, -0.2) is 0 Å². The van der Waals surface area contributed by atoms with Gasteiger partial charge in [0.15, 0.2) is 0 Å². The van der Waals surface area contributed by atoms with Crippen molar-refractivity contribution in [3.05, 3.63) is 0 Å². The predicted molar refractivity (Wildman–Crippen MR) is 93.4 cm³/mol. The molecule has 8 heteroatoms. The smallest absolute Gasteiger partial charge is 0.220 e. The molecular weight excluding hydrogens is 329 g/mol.